The van der Waals surface area contributed by atoms with Crippen molar-refractivity contribution in [1.29, 1.82) is 0 Å². The van der Waals surface area contributed by atoms with E-state index in [0.29, 0.717) is 12.1 Å². The van der Waals surface area contributed by atoms with Crippen molar-refractivity contribution < 1.29 is 0 Å². The molecule has 18 heavy (non-hydrogen) atoms. The Labute approximate surface area is 113 Å². The van der Waals surface area contributed by atoms with Crippen LogP contribution in [0.4, 0.5) is 0 Å². The second kappa shape index (κ2) is 11.5. The number of nitrogens with one attached hydrogen (secondary N) is 2. The summed E-state index contributed by atoms with van der Waals surface area (Å²) >= 11 is 0. The van der Waals surface area contributed by atoms with Crippen molar-refractivity contribution in [2.45, 2.75) is 57.5 Å². The Morgan fingerprint density at radius 1 is 1.06 bits per heavy atom. The number of hydrogen-bond acceptors (Lipinski definition) is 4. The van der Waals surface area contributed by atoms with E-state index in [4.69, 9.17) is 11.5 Å². The lowest BCUT2D eigenvalue weighted by molar-refractivity contribution is 0.471. The molecule has 0 aromatic heterocycles. The third kappa shape index (κ3) is 8.50. The zero-order valence-corrected chi connectivity index (χ0v) is 12.2. The summed E-state index contributed by atoms with van der Waals surface area (Å²) in [5, 5.41) is 6.80. The summed E-state index contributed by atoms with van der Waals surface area (Å²) in [5.41, 5.74) is 12.1. The minimum Gasteiger partial charge on any atom is -0.385 e. The minimum absolute atomic E-state index is 0.341. The first-order valence-electron chi connectivity index (χ1n) is 7.18. The maximum atomic E-state index is 5.51. The topological polar surface area (TPSA) is 76.1 Å². The molecule has 0 amide bonds. The Bertz CT molecular complexity index is 206. The van der Waals surface area contributed by atoms with Gasteiger partial charge < -0.3 is 22.1 Å². The van der Waals surface area contributed by atoms with Gasteiger partial charge in [0.15, 0.2) is 0 Å². The minimum atomic E-state index is 0.341. The molecule has 0 radical (unpaired) electrons. The van der Waals surface area contributed by atoms with Crippen LogP contribution in [0.3, 0.4) is 0 Å². The lowest BCUT2D eigenvalue weighted by Crippen LogP contribution is -2.37. The molecule has 0 heterocycles. The first-order valence-corrected chi connectivity index (χ1v) is 7.18. The van der Waals surface area contributed by atoms with Crippen LogP contribution in [0.2, 0.25) is 0 Å². The van der Waals surface area contributed by atoms with Crippen molar-refractivity contribution in [3.63, 3.8) is 0 Å². The van der Waals surface area contributed by atoms with Crippen LogP contribution in [0.25, 0.3) is 0 Å². The fraction of sp³-hybridized carbons (Fsp3) is 0.857. The molecule has 0 aliphatic carbocycles. The molecule has 0 bridgehead atoms. The molecule has 4 heteroatoms. The molecule has 0 rings (SSSR count). The van der Waals surface area contributed by atoms with Gasteiger partial charge in [0.05, 0.1) is 0 Å². The first kappa shape index (κ1) is 17.4. The van der Waals surface area contributed by atoms with Gasteiger partial charge in [-0.25, -0.2) is 0 Å². The molecule has 0 aromatic rings. The number of likely N-dealkylation sites (N-methyl/N-ethyl adjacent to an activating group) is 1. The monoisotopic (exact) mass is 256 g/mol. The maximum Gasteiger partial charge on any atom is 0.0461 e. The number of unbranched alkanes of at least 4 members (excludes halogenated alkanes) is 2. The van der Waals surface area contributed by atoms with Crippen LogP contribution in [0, 0.1) is 0 Å². The second-order valence-electron chi connectivity index (χ2n) is 4.98. The molecule has 108 valence electrons. The van der Waals surface area contributed by atoms with Crippen molar-refractivity contribution in [2.24, 2.45) is 11.5 Å². The van der Waals surface area contributed by atoms with E-state index in [1.165, 1.54) is 6.42 Å². The molecule has 0 aliphatic heterocycles. The summed E-state index contributed by atoms with van der Waals surface area (Å²) in [6, 6.07) is 0.808. The summed E-state index contributed by atoms with van der Waals surface area (Å²) in [6.45, 7) is 7.90. The fourth-order valence-electron chi connectivity index (χ4n) is 2.07. The molecular formula is C14H32N4. The van der Waals surface area contributed by atoms with E-state index in [1.807, 2.05) is 7.05 Å². The zero-order valence-electron chi connectivity index (χ0n) is 12.2. The normalized spacial score (nSPS) is 14.2. The molecule has 4 nitrogen and oxygen atoms in total. The third-order valence-electron chi connectivity index (χ3n) is 3.24. The summed E-state index contributed by atoms with van der Waals surface area (Å²) in [7, 11) is 1.99. The van der Waals surface area contributed by atoms with Gasteiger partial charge >= 0.3 is 0 Å². The van der Waals surface area contributed by atoms with Crippen LogP contribution in [-0.4, -0.2) is 32.2 Å². The van der Waals surface area contributed by atoms with Crippen LogP contribution in [-0.2, 0) is 0 Å². The van der Waals surface area contributed by atoms with Crippen LogP contribution >= 0.6 is 0 Å². The van der Waals surface area contributed by atoms with Gasteiger partial charge in [0.25, 0.3) is 0 Å². The molecule has 0 fully saturated rings. The Balaban J connectivity index is 3.86. The largest absolute Gasteiger partial charge is 0.385 e. The standard InChI is InChI=1S/C14H32N4/c1-12(8-4-6-10-15)18-13(2)14(17-3)9-5-7-11-16/h12,14,17-18H,2,4-11,15-16H2,1,3H3. The van der Waals surface area contributed by atoms with E-state index in [0.717, 1.165) is 50.9 Å². The van der Waals surface area contributed by atoms with E-state index in [1.54, 1.807) is 0 Å². The third-order valence-corrected chi connectivity index (χ3v) is 3.24. The van der Waals surface area contributed by atoms with Gasteiger partial charge in [-0.15, -0.1) is 0 Å². The van der Waals surface area contributed by atoms with E-state index in [2.05, 4.69) is 24.1 Å². The van der Waals surface area contributed by atoms with E-state index in [-0.39, 0.29) is 0 Å². The van der Waals surface area contributed by atoms with Crippen molar-refractivity contribution in [1.82, 2.24) is 10.6 Å². The average molecular weight is 256 g/mol. The molecule has 0 aliphatic rings. The SMILES string of the molecule is C=C(NC(C)CCCCN)C(CCCCN)NC. The van der Waals surface area contributed by atoms with Gasteiger partial charge in [-0.3, -0.25) is 0 Å². The molecular weight excluding hydrogens is 224 g/mol. The van der Waals surface area contributed by atoms with Crippen LogP contribution < -0.4 is 22.1 Å². The van der Waals surface area contributed by atoms with Gasteiger partial charge in [0.2, 0.25) is 0 Å². The smallest absolute Gasteiger partial charge is 0.0461 e. The molecule has 0 saturated carbocycles. The highest BCUT2D eigenvalue weighted by molar-refractivity contribution is 5.03. The maximum absolute atomic E-state index is 5.51. The molecule has 0 saturated heterocycles. The summed E-state index contributed by atoms with van der Waals surface area (Å²) in [6.07, 6.45) is 6.74. The van der Waals surface area contributed by atoms with Crippen LogP contribution in [0.1, 0.15) is 45.4 Å². The first-order chi connectivity index (χ1) is 8.65. The number of hydrogen-bond donors (Lipinski definition) is 4. The fourth-order valence-corrected chi connectivity index (χ4v) is 2.07. The van der Waals surface area contributed by atoms with Gasteiger partial charge in [-0.05, 0) is 52.7 Å². The van der Waals surface area contributed by atoms with Gasteiger partial charge in [0, 0.05) is 17.8 Å². The van der Waals surface area contributed by atoms with Crippen molar-refractivity contribution in [2.75, 3.05) is 20.1 Å². The Morgan fingerprint density at radius 3 is 2.11 bits per heavy atom. The van der Waals surface area contributed by atoms with E-state index < -0.39 is 0 Å². The Kier molecular flexibility index (Phi) is 11.1. The van der Waals surface area contributed by atoms with E-state index >= 15 is 0 Å². The highest BCUT2D eigenvalue weighted by Gasteiger charge is 2.11. The average Bonchev–Trinajstić information content (AvgIpc) is 2.35. The molecule has 0 aromatic carbocycles. The highest BCUT2D eigenvalue weighted by Crippen LogP contribution is 2.09. The van der Waals surface area contributed by atoms with Crippen LogP contribution in [0.5, 0.6) is 0 Å². The zero-order chi connectivity index (χ0) is 13.8. The van der Waals surface area contributed by atoms with Crippen molar-refractivity contribution in [3.05, 3.63) is 12.3 Å². The van der Waals surface area contributed by atoms with Crippen molar-refractivity contribution in [3.8, 4) is 0 Å². The summed E-state index contributed by atoms with van der Waals surface area (Å²) in [4.78, 5) is 0. The predicted octanol–water partition coefficient (Wildman–Crippen LogP) is 1.32. The predicted molar refractivity (Wildman–Crippen MR) is 80.4 cm³/mol. The lowest BCUT2D eigenvalue weighted by Gasteiger charge is -2.24. The van der Waals surface area contributed by atoms with Crippen molar-refractivity contribution >= 4 is 0 Å². The second-order valence-corrected chi connectivity index (χ2v) is 4.98. The number of rotatable bonds is 12. The van der Waals surface area contributed by atoms with Gasteiger partial charge in [-0.1, -0.05) is 19.4 Å². The number of nitrogens with two attached hydrogens (primary N) is 2. The summed E-state index contributed by atoms with van der Waals surface area (Å²) < 4.78 is 0. The Morgan fingerprint density at radius 2 is 1.61 bits per heavy atom. The van der Waals surface area contributed by atoms with Crippen LogP contribution in [0.15, 0.2) is 12.3 Å². The molecule has 0 spiro atoms. The molecule has 2 unspecified atom stereocenters. The van der Waals surface area contributed by atoms with Gasteiger partial charge in [-0.2, -0.15) is 0 Å². The lowest BCUT2D eigenvalue weighted by atomic mass is 10.1. The highest BCUT2D eigenvalue weighted by atomic mass is 15.0. The Hall–Kier alpha value is -0.580. The van der Waals surface area contributed by atoms with E-state index in [9.17, 15) is 0 Å². The van der Waals surface area contributed by atoms with Gasteiger partial charge in [0.1, 0.15) is 0 Å². The molecule has 6 N–H and O–H groups in total. The summed E-state index contributed by atoms with van der Waals surface area (Å²) in [5.74, 6) is 0. The quantitative estimate of drug-likeness (QED) is 0.397. The molecule has 2 atom stereocenters.